The highest BCUT2D eigenvalue weighted by atomic mass is 16.6. The van der Waals surface area contributed by atoms with Crippen LogP contribution in [0.25, 0.3) is 5.52 Å². The summed E-state index contributed by atoms with van der Waals surface area (Å²) in [6, 6.07) is 6.17. The molecule has 162 valence electrons. The quantitative estimate of drug-likeness (QED) is 0.831. The summed E-state index contributed by atoms with van der Waals surface area (Å²) in [6.45, 7) is 9.29. The number of amides is 2. The van der Waals surface area contributed by atoms with Crippen LogP contribution in [0.4, 0.5) is 10.5 Å². The predicted molar refractivity (Wildman–Crippen MR) is 115 cm³/mol. The van der Waals surface area contributed by atoms with Gasteiger partial charge in [0.15, 0.2) is 0 Å². The third-order valence-corrected chi connectivity index (χ3v) is 5.72. The van der Waals surface area contributed by atoms with E-state index in [1.807, 2.05) is 44.7 Å². The first-order valence-corrected chi connectivity index (χ1v) is 10.7. The molecule has 8 nitrogen and oxygen atoms in total. The topological polar surface area (TPSA) is 93.2 Å². The van der Waals surface area contributed by atoms with Crippen molar-refractivity contribution in [3.05, 3.63) is 29.6 Å². The fourth-order valence-corrected chi connectivity index (χ4v) is 4.28. The Morgan fingerprint density at radius 2 is 1.77 bits per heavy atom. The Morgan fingerprint density at radius 1 is 1.13 bits per heavy atom. The molecule has 2 aliphatic rings. The molecular weight excluding hydrogens is 382 g/mol. The number of anilines is 1. The molecule has 2 N–H and O–H groups in total. The van der Waals surface area contributed by atoms with Crippen LogP contribution in [0, 0.1) is 6.92 Å². The van der Waals surface area contributed by atoms with E-state index >= 15 is 0 Å². The van der Waals surface area contributed by atoms with E-state index in [0.29, 0.717) is 11.7 Å². The highest BCUT2D eigenvalue weighted by Gasteiger charge is 2.40. The maximum Gasteiger partial charge on any atom is 0.410 e. The number of carbonyl (C=O) groups is 2. The molecule has 30 heavy (non-hydrogen) atoms. The number of hydrogen-bond acceptors (Lipinski definition) is 5. The summed E-state index contributed by atoms with van der Waals surface area (Å²) in [5, 5.41) is 4.44. The monoisotopic (exact) mass is 413 g/mol. The van der Waals surface area contributed by atoms with Crippen LogP contribution in [0.1, 0.15) is 62.6 Å². The number of piperidine rings is 1. The Labute approximate surface area is 176 Å². The van der Waals surface area contributed by atoms with Crippen molar-refractivity contribution in [2.24, 2.45) is 5.73 Å². The van der Waals surface area contributed by atoms with Crippen molar-refractivity contribution in [1.82, 2.24) is 14.5 Å². The van der Waals surface area contributed by atoms with E-state index in [4.69, 9.17) is 10.5 Å². The van der Waals surface area contributed by atoms with E-state index in [0.717, 1.165) is 55.7 Å². The molecule has 4 rings (SSSR count). The van der Waals surface area contributed by atoms with E-state index in [1.165, 1.54) is 0 Å². The second-order valence-electron chi connectivity index (χ2n) is 9.39. The fourth-order valence-electron chi connectivity index (χ4n) is 4.28. The van der Waals surface area contributed by atoms with Crippen molar-refractivity contribution in [1.29, 1.82) is 0 Å². The Kier molecular flexibility index (Phi) is 5.11. The molecule has 1 saturated carbocycles. The number of fused-ring (bicyclic) bond motifs is 1. The lowest BCUT2D eigenvalue weighted by Crippen LogP contribution is -2.50. The van der Waals surface area contributed by atoms with E-state index in [-0.39, 0.29) is 12.1 Å². The average molecular weight is 414 g/mol. The van der Waals surface area contributed by atoms with Gasteiger partial charge in [-0.05, 0) is 71.6 Å². The third kappa shape index (κ3) is 4.08. The molecule has 0 radical (unpaired) electrons. The number of pyridine rings is 1. The number of carbonyl (C=O) groups excluding carboxylic acids is 2. The van der Waals surface area contributed by atoms with Gasteiger partial charge < -0.3 is 20.3 Å². The zero-order valence-electron chi connectivity index (χ0n) is 18.2. The van der Waals surface area contributed by atoms with Gasteiger partial charge in [0, 0.05) is 25.2 Å². The lowest BCUT2D eigenvalue weighted by molar-refractivity contribution is 0.0114. The minimum Gasteiger partial charge on any atom is -0.444 e. The van der Waals surface area contributed by atoms with Crippen molar-refractivity contribution >= 4 is 23.2 Å². The van der Waals surface area contributed by atoms with Crippen LogP contribution in [0.3, 0.4) is 0 Å². The first-order valence-electron chi connectivity index (χ1n) is 10.7. The third-order valence-electron chi connectivity index (χ3n) is 5.72. The second kappa shape index (κ2) is 7.49. The summed E-state index contributed by atoms with van der Waals surface area (Å²) in [7, 11) is 0. The van der Waals surface area contributed by atoms with Crippen LogP contribution in [0.2, 0.25) is 0 Å². The highest BCUT2D eigenvalue weighted by Crippen LogP contribution is 2.35. The van der Waals surface area contributed by atoms with E-state index < -0.39 is 11.5 Å². The van der Waals surface area contributed by atoms with Crippen LogP contribution in [0.5, 0.6) is 0 Å². The SMILES string of the molecule is Cc1cc2c(N3CCC(N(C(=O)OC(C)(C)C)C4CC4)CC3)ccc(C(N)=O)n2n1. The van der Waals surface area contributed by atoms with Gasteiger partial charge in [-0.25, -0.2) is 9.31 Å². The molecule has 0 unspecified atom stereocenters. The summed E-state index contributed by atoms with van der Waals surface area (Å²) in [5.41, 5.74) is 8.16. The molecule has 2 aromatic heterocycles. The van der Waals surface area contributed by atoms with Crippen molar-refractivity contribution in [3.8, 4) is 0 Å². The molecule has 2 amide bonds. The van der Waals surface area contributed by atoms with Gasteiger partial charge >= 0.3 is 6.09 Å². The smallest absolute Gasteiger partial charge is 0.410 e. The normalized spacial score (nSPS) is 17.9. The number of aryl methyl sites for hydroxylation is 1. The van der Waals surface area contributed by atoms with E-state index in [1.54, 1.807) is 10.6 Å². The maximum absolute atomic E-state index is 12.8. The Balaban J connectivity index is 1.51. The zero-order valence-corrected chi connectivity index (χ0v) is 18.2. The molecule has 1 aliphatic heterocycles. The largest absolute Gasteiger partial charge is 0.444 e. The number of hydrogen-bond donors (Lipinski definition) is 1. The minimum atomic E-state index is -0.495. The molecule has 8 heteroatoms. The van der Waals surface area contributed by atoms with Crippen LogP contribution < -0.4 is 10.6 Å². The van der Waals surface area contributed by atoms with Gasteiger partial charge in [0.25, 0.3) is 5.91 Å². The maximum atomic E-state index is 12.8. The lowest BCUT2D eigenvalue weighted by Gasteiger charge is -2.40. The zero-order chi connectivity index (χ0) is 21.6. The molecule has 1 aliphatic carbocycles. The molecule has 2 fully saturated rings. The Morgan fingerprint density at radius 3 is 2.33 bits per heavy atom. The number of rotatable bonds is 4. The van der Waals surface area contributed by atoms with Crippen molar-refractivity contribution in [2.75, 3.05) is 18.0 Å². The van der Waals surface area contributed by atoms with Crippen LogP contribution in [-0.2, 0) is 4.74 Å². The predicted octanol–water partition coefficient (Wildman–Crippen LogP) is 3.11. The number of nitrogens with zero attached hydrogens (tertiary/aromatic N) is 4. The average Bonchev–Trinajstić information content (AvgIpc) is 3.39. The van der Waals surface area contributed by atoms with Crippen LogP contribution in [-0.4, -0.2) is 57.3 Å². The van der Waals surface area contributed by atoms with Gasteiger partial charge in [-0.1, -0.05) is 0 Å². The van der Waals surface area contributed by atoms with E-state index in [2.05, 4.69) is 10.00 Å². The number of nitrogens with two attached hydrogens (primary N) is 1. The van der Waals surface area contributed by atoms with Crippen molar-refractivity contribution in [2.45, 2.75) is 71.1 Å². The van der Waals surface area contributed by atoms with Crippen molar-refractivity contribution in [3.63, 3.8) is 0 Å². The van der Waals surface area contributed by atoms with Crippen LogP contribution in [0.15, 0.2) is 18.2 Å². The standard InChI is InChI=1S/C22H31N5O3/c1-14-13-19-17(7-8-18(20(23)28)27(19)24-14)25-11-9-16(10-12-25)26(15-5-6-15)21(29)30-22(2,3)4/h7-8,13,15-16H,5-6,9-12H2,1-4H3,(H2,23,28). The summed E-state index contributed by atoms with van der Waals surface area (Å²) in [5.74, 6) is -0.495. The van der Waals surface area contributed by atoms with Gasteiger partial charge in [-0.3, -0.25) is 4.79 Å². The van der Waals surface area contributed by atoms with E-state index in [9.17, 15) is 9.59 Å². The number of ether oxygens (including phenoxy) is 1. The molecule has 2 aromatic rings. The fraction of sp³-hybridized carbons (Fsp3) is 0.591. The molecule has 0 spiro atoms. The van der Waals surface area contributed by atoms with Crippen molar-refractivity contribution < 1.29 is 14.3 Å². The summed E-state index contributed by atoms with van der Waals surface area (Å²) >= 11 is 0. The molecular formula is C22H31N5O3. The van der Waals surface area contributed by atoms with Crippen LogP contribution >= 0.6 is 0 Å². The first kappa shape index (κ1) is 20.5. The van der Waals surface area contributed by atoms with Gasteiger partial charge in [0.2, 0.25) is 0 Å². The first-order chi connectivity index (χ1) is 14.1. The highest BCUT2D eigenvalue weighted by molar-refractivity contribution is 5.93. The number of aromatic nitrogens is 2. The number of primary amides is 1. The van der Waals surface area contributed by atoms with Gasteiger partial charge in [0.1, 0.15) is 11.3 Å². The molecule has 0 aromatic carbocycles. The Hall–Kier alpha value is -2.77. The Bertz CT molecular complexity index is 965. The van der Waals surface area contributed by atoms with Gasteiger partial charge in [-0.2, -0.15) is 5.10 Å². The molecule has 0 atom stereocenters. The van der Waals surface area contributed by atoms with Gasteiger partial charge in [0.05, 0.1) is 16.9 Å². The molecule has 1 saturated heterocycles. The second-order valence-corrected chi connectivity index (χ2v) is 9.39. The minimum absolute atomic E-state index is 0.191. The molecule has 3 heterocycles. The van der Waals surface area contributed by atoms with Gasteiger partial charge in [-0.15, -0.1) is 0 Å². The summed E-state index contributed by atoms with van der Waals surface area (Å²) in [6.07, 6.45) is 3.69. The summed E-state index contributed by atoms with van der Waals surface area (Å²) < 4.78 is 7.32. The molecule has 0 bridgehead atoms. The summed E-state index contributed by atoms with van der Waals surface area (Å²) in [4.78, 5) is 28.9. The lowest BCUT2D eigenvalue weighted by atomic mass is 10.0.